The molecular formula is C30H35N3O2. The highest BCUT2D eigenvalue weighted by molar-refractivity contribution is 5.96. The fraction of sp³-hybridized carbons (Fsp3) is 0.333. The van der Waals surface area contributed by atoms with Gasteiger partial charge in [-0.05, 0) is 94.5 Å². The van der Waals surface area contributed by atoms with Crippen LogP contribution in [0.1, 0.15) is 64.2 Å². The molecule has 35 heavy (non-hydrogen) atoms. The van der Waals surface area contributed by atoms with Gasteiger partial charge < -0.3 is 14.6 Å². The molecule has 1 heterocycles. The maximum absolute atomic E-state index is 13.0. The molecule has 1 atom stereocenters. The molecule has 3 aromatic carbocycles. The predicted octanol–water partition coefficient (Wildman–Crippen LogP) is 6.62. The van der Waals surface area contributed by atoms with Gasteiger partial charge in [-0.15, -0.1) is 0 Å². The van der Waals surface area contributed by atoms with Gasteiger partial charge in [0.2, 0.25) is 0 Å². The van der Waals surface area contributed by atoms with Crippen molar-refractivity contribution in [2.45, 2.75) is 60.0 Å². The van der Waals surface area contributed by atoms with E-state index in [9.17, 15) is 4.79 Å². The fourth-order valence-corrected chi connectivity index (χ4v) is 4.65. The summed E-state index contributed by atoms with van der Waals surface area (Å²) in [7, 11) is 0. The number of hydrogen-bond acceptors (Lipinski definition) is 3. The van der Waals surface area contributed by atoms with E-state index >= 15 is 0 Å². The monoisotopic (exact) mass is 469 g/mol. The minimum atomic E-state index is -0.220. The quantitative estimate of drug-likeness (QED) is 0.280. The first-order chi connectivity index (χ1) is 16.8. The summed E-state index contributed by atoms with van der Waals surface area (Å²) in [4.78, 5) is 17.9. The van der Waals surface area contributed by atoms with Crippen LogP contribution in [0.25, 0.3) is 11.0 Å². The van der Waals surface area contributed by atoms with Crippen LogP contribution >= 0.6 is 0 Å². The summed E-state index contributed by atoms with van der Waals surface area (Å²) in [6.45, 7) is 11.7. The van der Waals surface area contributed by atoms with Gasteiger partial charge in [0.25, 0.3) is 5.91 Å². The summed E-state index contributed by atoms with van der Waals surface area (Å²) in [6, 6.07) is 20.1. The average Bonchev–Trinajstić information content (AvgIpc) is 3.17. The van der Waals surface area contributed by atoms with Crippen LogP contribution in [-0.2, 0) is 6.54 Å². The molecule has 182 valence electrons. The predicted molar refractivity (Wildman–Crippen MR) is 142 cm³/mol. The maximum atomic E-state index is 13.0. The van der Waals surface area contributed by atoms with Gasteiger partial charge in [0, 0.05) is 12.1 Å². The number of carbonyl (C=O) groups excluding carboxylic acids is 1. The van der Waals surface area contributed by atoms with E-state index in [1.54, 1.807) is 0 Å². The molecule has 0 saturated heterocycles. The number of aromatic nitrogens is 2. The summed E-state index contributed by atoms with van der Waals surface area (Å²) < 4.78 is 8.23. The van der Waals surface area contributed by atoms with Crippen molar-refractivity contribution < 1.29 is 9.53 Å². The highest BCUT2D eigenvalue weighted by Gasteiger charge is 2.19. The van der Waals surface area contributed by atoms with Gasteiger partial charge in [-0.2, -0.15) is 0 Å². The number of fused-ring (bicyclic) bond motifs is 1. The Kier molecular flexibility index (Phi) is 7.54. The van der Waals surface area contributed by atoms with Crippen LogP contribution in [0.4, 0.5) is 0 Å². The van der Waals surface area contributed by atoms with Gasteiger partial charge in [-0.25, -0.2) is 4.98 Å². The second-order valence-electron chi connectivity index (χ2n) is 9.50. The van der Waals surface area contributed by atoms with E-state index in [1.807, 2.05) is 57.2 Å². The van der Waals surface area contributed by atoms with E-state index in [-0.39, 0.29) is 11.9 Å². The minimum Gasteiger partial charge on any atom is -0.494 e. The lowest BCUT2D eigenvalue weighted by atomic mass is 10.0. The second kappa shape index (κ2) is 10.8. The molecule has 0 bridgehead atoms. The number of nitrogens with one attached hydrogen (secondary N) is 1. The number of amides is 1. The largest absolute Gasteiger partial charge is 0.494 e. The van der Waals surface area contributed by atoms with Gasteiger partial charge in [0.15, 0.2) is 0 Å². The minimum absolute atomic E-state index is 0.0737. The molecule has 1 N–H and O–H groups in total. The number of para-hydroxylation sites is 2. The molecule has 4 aromatic rings. The molecule has 5 heteroatoms. The molecule has 1 aromatic heterocycles. The van der Waals surface area contributed by atoms with Gasteiger partial charge in [0.1, 0.15) is 11.6 Å². The van der Waals surface area contributed by atoms with Crippen molar-refractivity contribution in [2.24, 2.45) is 0 Å². The Morgan fingerprint density at radius 1 is 0.943 bits per heavy atom. The third-order valence-corrected chi connectivity index (χ3v) is 6.29. The van der Waals surface area contributed by atoms with Gasteiger partial charge in [-0.3, -0.25) is 4.79 Å². The van der Waals surface area contributed by atoms with Crippen LogP contribution < -0.4 is 10.1 Å². The van der Waals surface area contributed by atoms with E-state index in [2.05, 4.69) is 48.0 Å². The normalized spacial score (nSPS) is 12.0. The van der Waals surface area contributed by atoms with E-state index in [0.29, 0.717) is 12.2 Å². The third kappa shape index (κ3) is 5.91. The zero-order valence-electron chi connectivity index (χ0n) is 21.4. The summed E-state index contributed by atoms with van der Waals surface area (Å²) >= 11 is 0. The average molecular weight is 470 g/mol. The smallest absolute Gasteiger partial charge is 0.252 e. The molecule has 0 aliphatic rings. The lowest BCUT2D eigenvalue weighted by Crippen LogP contribution is -2.29. The first-order valence-corrected chi connectivity index (χ1v) is 12.4. The first kappa shape index (κ1) is 24.5. The molecule has 4 rings (SSSR count). The molecule has 0 spiro atoms. The molecular weight excluding hydrogens is 434 g/mol. The van der Waals surface area contributed by atoms with Crippen molar-refractivity contribution in [1.82, 2.24) is 14.9 Å². The van der Waals surface area contributed by atoms with Crippen LogP contribution in [0, 0.1) is 27.7 Å². The van der Waals surface area contributed by atoms with Crippen molar-refractivity contribution in [3.8, 4) is 5.75 Å². The van der Waals surface area contributed by atoms with Crippen LogP contribution in [0.5, 0.6) is 5.75 Å². The maximum Gasteiger partial charge on any atom is 0.252 e. The molecule has 1 unspecified atom stereocenters. The number of hydrogen-bond donors (Lipinski definition) is 1. The van der Waals surface area contributed by atoms with E-state index < -0.39 is 0 Å². The van der Waals surface area contributed by atoms with Crippen LogP contribution in [0.3, 0.4) is 0 Å². The number of benzene rings is 3. The zero-order chi connectivity index (χ0) is 24.9. The lowest BCUT2D eigenvalue weighted by Gasteiger charge is -2.17. The summed E-state index contributed by atoms with van der Waals surface area (Å²) in [5.41, 5.74) is 7.29. The zero-order valence-corrected chi connectivity index (χ0v) is 21.4. The number of ether oxygens (including phenoxy) is 1. The molecule has 0 aliphatic heterocycles. The summed E-state index contributed by atoms with van der Waals surface area (Å²) in [5, 5.41) is 3.16. The molecule has 0 fully saturated rings. The SMILES string of the molecule is Cc1cc(C)cc(OCCCCn2c(C(C)NC(=O)c3ccc(C)cc3C)nc3ccccc32)c1. The third-order valence-electron chi connectivity index (χ3n) is 6.29. The van der Waals surface area contributed by atoms with Crippen LogP contribution in [0.2, 0.25) is 0 Å². The number of nitrogens with zero attached hydrogens (tertiary/aromatic N) is 2. The van der Waals surface area contributed by atoms with Gasteiger partial charge in [-0.1, -0.05) is 35.9 Å². The van der Waals surface area contributed by atoms with Crippen LogP contribution in [-0.4, -0.2) is 22.1 Å². The van der Waals surface area contributed by atoms with Crippen LogP contribution in [0.15, 0.2) is 60.7 Å². The molecule has 0 aliphatic carbocycles. The Morgan fingerprint density at radius 3 is 2.43 bits per heavy atom. The Balaban J connectivity index is 1.44. The lowest BCUT2D eigenvalue weighted by molar-refractivity contribution is 0.0937. The second-order valence-corrected chi connectivity index (χ2v) is 9.50. The van der Waals surface area contributed by atoms with E-state index in [1.165, 1.54) is 11.1 Å². The van der Waals surface area contributed by atoms with E-state index in [4.69, 9.17) is 9.72 Å². The first-order valence-electron chi connectivity index (χ1n) is 12.4. The summed E-state index contributed by atoms with van der Waals surface area (Å²) in [6.07, 6.45) is 1.89. The van der Waals surface area contributed by atoms with Crippen molar-refractivity contribution in [2.75, 3.05) is 6.61 Å². The Bertz CT molecular complexity index is 1320. The van der Waals surface area contributed by atoms with Crippen molar-refractivity contribution >= 4 is 16.9 Å². The Hall–Kier alpha value is -3.60. The van der Waals surface area contributed by atoms with Gasteiger partial charge >= 0.3 is 0 Å². The summed E-state index contributed by atoms with van der Waals surface area (Å²) in [5.74, 6) is 1.73. The Morgan fingerprint density at radius 2 is 1.69 bits per heavy atom. The number of carbonyl (C=O) groups is 1. The van der Waals surface area contributed by atoms with Crippen molar-refractivity contribution in [1.29, 1.82) is 0 Å². The molecule has 5 nitrogen and oxygen atoms in total. The molecule has 0 saturated carbocycles. The van der Waals surface area contributed by atoms with Gasteiger partial charge in [0.05, 0.1) is 23.7 Å². The molecule has 1 amide bonds. The number of rotatable bonds is 9. The van der Waals surface area contributed by atoms with Crippen molar-refractivity contribution in [3.63, 3.8) is 0 Å². The number of aryl methyl sites for hydroxylation is 5. The Labute approximate surface area is 208 Å². The van der Waals surface area contributed by atoms with E-state index in [0.717, 1.165) is 53.1 Å². The highest BCUT2D eigenvalue weighted by atomic mass is 16.5. The highest BCUT2D eigenvalue weighted by Crippen LogP contribution is 2.23. The number of unbranched alkanes of at least 4 members (excludes halogenated alkanes) is 1. The topological polar surface area (TPSA) is 56.1 Å². The van der Waals surface area contributed by atoms with Crippen molar-refractivity contribution in [3.05, 3.63) is 94.3 Å². The standard InChI is InChI=1S/C30H35N3O2/c1-20-12-13-26(23(4)17-20)30(34)31-24(5)29-32-27-10-6-7-11-28(27)33(29)14-8-9-15-35-25-18-21(2)16-22(3)19-25/h6-7,10-13,16-19,24H,8-9,14-15H2,1-5H3,(H,31,34). The molecule has 0 radical (unpaired) electrons. The number of imidazole rings is 1. The fourth-order valence-electron chi connectivity index (χ4n) is 4.65.